The van der Waals surface area contributed by atoms with E-state index in [9.17, 15) is 4.79 Å². The number of nitrogen functional groups attached to an aromatic ring is 1. The minimum absolute atomic E-state index is 0.155. The number of nitrogens with one attached hydrogen (secondary N) is 2. The van der Waals surface area contributed by atoms with Crippen molar-refractivity contribution in [2.75, 3.05) is 11.9 Å². The van der Waals surface area contributed by atoms with E-state index in [2.05, 4.69) is 10.4 Å². The van der Waals surface area contributed by atoms with E-state index in [1.165, 1.54) is 10.9 Å². The number of amidine groups is 1. The van der Waals surface area contributed by atoms with Gasteiger partial charge in [0, 0.05) is 7.05 Å². The number of nitrogens with zero attached hydrogens (tertiary/aromatic N) is 2. The quantitative estimate of drug-likeness (QED) is 0.536. The van der Waals surface area contributed by atoms with E-state index in [4.69, 9.17) is 15.9 Å². The van der Waals surface area contributed by atoms with Gasteiger partial charge < -0.3 is 10.5 Å². The standard InChI is InChI=1S/C10H17N5O2/c1-6(2)5-17-10(16)14-9-7(8(11)12)4-13-15(9)3/h4,6H,5H2,1-3H3,(H3,11,12)(H,14,16). The SMILES string of the molecule is CC(C)COC(=O)Nc1c(C(=N)N)cnn1C. The van der Waals surface area contributed by atoms with Gasteiger partial charge in [0.1, 0.15) is 11.7 Å². The number of hydrogen-bond acceptors (Lipinski definition) is 4. The molecule has 0 saturated heterocycles. The van der Waals surface area contributed by atoms with Crippen LogP contribution < -0.4 is 11.1 Å². The van der Waals surface area contributed by atoms with Crippen LogP contribution in [0.1, 0.15) is 19.4 Å². The summed E-state index contributed by atoms with van der Waals surface area (Å²) >= 11 is 0. The molecule has 1 amide bonds. The van der Waals surface area contributed by atoms with Crippen LogP contribution in [-0.2, 0) is 11.8 Å². The lowest BCUT2D eigenvalue weighted by Gasteiger charge is -2.10. The molecule has 7 nitrogen and oxygen atoms in total. The van der Waals surface area contributed by atoms with Crippen LogP contribution in [0, 0.1) is 11.3 Å². The topological polar surface area (TPSA) is 106 Å². The fourth-order valence-electron chi connectivity index (χ4n) is 1.16. The number of carbonyl (C=O) groups excluding carboxylic acids is 1. The lowest BCUT2D eigenvalue weighted by atomic mass is 10.2. The molecule has 0 fully saturated rings. The molecule has 1 aromatic heterocycles. The smallest absolute Gasteiger partial charge is 0.412 e. The molecule has 0 aliphatic heterocycles. The molecule has 0 unspecified atom stereocenters. The number of carbonyl (C=O) groups is 1. The van der Waals surface area contributed by atoms with Crippen LogP contribution >= 0.6 is 0 Å². The second-order valence-electron chi connectivity index (χ2n) is 4.06. The summed E-state index contributed by atoms with van der Waals surface area (Å²) in [5, 5.41) is 13.8. The third kappa shape index (κ3) is 3.47. The summed E-state index contributed by atoms with van der Waals surface area (Å²) in [4.78, 5) is 11.5. The zero-order valence-corrected chi connectivity index (χ0v) is 10.2. The summed E-state index contributed by atoms with van der Waals surface area (Å²) in [6, 6.07) is 0. The van der Waals surface area contributed by atoms with E-state index < -0.39 is 6.09 Å². The summed E-state index contributed by atoms with van der Waals surface area (Å²) in [6.45, 7) is 4.22. The molecule has 1 rings (SSSR count). The lowest BCUT2D eigenvalue weighted by Crippen LogP contribution is -2.21. The molecule has 0 aromatic carbocycles. The molecule has 1 aromatic rings. The summed E-state index contributed by atoms with van der Waals surface area (Å²) in [6.07, 6.45) is 0.838. The highest BCUT2D eigenvalue weighted by Crippen LogP contribution is 2.13. The number of hydrogen-bond donors (Lipinski definition) is 3. The summed E-state index contributed by atoms with van der Waals surface area (Å²) in [5.74, 6) is 0.461. The van der Waals surface area contributed by atoms with Crippen molar-refractivity contribution in [3.8, 4) is 0 Å². The van der Waals surface area contributed by atoms with Gasteiger partial charge in [-0.2, -0.15) is 5.10 Å². The average molecular weight is 239 g/mol. The highest BCUT2D eigenvalue weighted by molar-refractivity contribution is 6.02. The third-order valence-electron chi connectivity index (χ3n) is 2.00. The molecule has 94 valence electrons. The Morgan fingerprint density at radius 2 is 2.35 bits per heavy atom. The van der Waals surface area contributed by atoms with Crippen molar-refractivity contribution in [3.05, 3.63) is 11.8 Å². The predicted molar refractivity (Wildman–Crippen MR) is 64.0 cm³/mol. The second-order valence-corrected chi connectivity index (χ2v) is 4.06. The number of rotatable bonds is 4. The maximum Gasteiger partial charge on any atom is 0.412 e. The Bertz CT molecular complexity index is 424. The van der Waals surface area contributed by atoms with Gasteiger partial charge in [-0.05, 0) is 5.92 Å². The molecule has 7 heteroatoms. The number of nitrogens with two attached hydrogens (primary N) is 1. The van der Waals surface area contributed by atoms with Crippen molar-refractivity contribution in [3.63, 3.8) is 0 Å². The van der Waals surface area contributed by atoms with E-state index in [-0.39, 0.29) is 11.8 Å². The molecule has 1 heterocycles. The summed E-state index contributed by atoms with van der Waals surface area (Å²) in [7, 11) is 1.64. The van der Waals surface area contributed by atoms with Crippen LogP contribution in [0.2, 0.25) is 0 Å². The van der Waals surface area contributed by atoms with Crippen LogP contribution in [0.25, 0.3) is 0 Å². The highest BCUT2D eigenvalue weighted by atomic mass is 16.5. The number of aryl methyl sites for hydroxylation is 1. The first-order valence-corrected chi connectivity index (χ1v) is 5.22. The van der Waals surface area contributed by atoms with Crippen molar-refractivity contribution >= 4 is 17.7 Å². The number of aromatic nitrogens is 2. The highest BCUT2D eigenvalue weighted by Gasteiger charge is 2.14. The minimum atomic E-state index is -0.579. The molecule has 0 radical (unpaired) electrons. The Labute approximate surface area is 99.4 Å². The van der Waals surface area contributed by atoms with Gasteiger partial charge in [0.15, 0.2) is 0 Å². The van der Waals surface area contributed by atoms with E-state index in [0.717, 1.165) is 0 Å². The molecule has 4 N–H and O–H groups in total. The Morgan fingerprint density at radius 1 is 1.71 bits per heavy atom. The van der Waals surface area contributed by atoms with E-state index in [0.29, 0.717) is 18.0 Å². The van der Waals surface area contributed by atoms with Gasteiger partial charge >= 0.3 is 6.09 Å². The molecular weight excluding hydrogens is 222 g/mol. The van der Waals surface area contributed by atoms with Crippen LogP contribution in [0.5, 0.6) is 0 Å². The molecule has 0 spiro atoms. The van der Waals surface area contributed by atoms with Crippen LogP contribution in [-0.4, -0.2) is 28.3 Å². The molecule has 0 saturated carbocycles. The first-order chi connectivity index (χ1) is 7.91. The van der Waals surface area contributed by atoms with E-state index in [1.807, 2.05) is 13.8 Å². The second kappa shape index (κ2) is 5.33. The zero-order valence-electron chi connectivity index (χ0n) is 10.2. The fourth-order valence-corrected chi connectivity index (χ4v) is 1.16. The zero-order chi connectivity index (χ0) is 13.0. The summed E-state index contributed by atoms with van der Waals surface area (Å²) < 4.78 is 6.39. The molecule has 0 aliphatic rings. The van der Waals surface area contributed by atoms with Gasteiger partial charge in [-0.3, -0.25) is 15.4 Å². The fraction of sp³-hybridized carbons (Fsp3) is 0.500. The van der Waals surface area contributed by atoms with Crippen molar-refractivity contribution in [2.45, 2.75) is 13.8 Å². The van der Waals surface area contributed by atoms with Gasteiger partial charge in [0.2, 0.25) is 0 Å². The van der Waals surface area contributed by atoms with Gasteiger partial charge in [-0.15, -0.1) is 0 Å². The first kappa shape index (κ1) is 13.0. The van der Waals surface area contributed by atoms with Gasteiger partial charge in [0.05, 0.1) is 18.4 Å². The van der Waals surface area contributed by atoms with Crippen molar-refractivity contribution < 1.29 is 9.53 Å². The van der Waals surface area contributed by atoms with Crippen LogP contribution in [0.3, 0.4) is 0 Å². The molecule has 0 aliphatic carbocycles. The Morgan fingerprint density at radius 3 is 2.88 bits per heavy atom. The number of ether oxygens (including phenoxy) is 1. The van der Waals surface area contributed by atoms with Gasteiger partial charge in [0.25, 0.3) is 0 Å². The lowest BCUT2D eigenvalue weighted by molar-refractivity contribution is 0.147. The van der Waals surface area contributed by atoms with Crippen molar-refractivity contribution in [1.29, 1.82) is 5.41 Å². The Hall–Kier alpha value is -2.05. The molecule has 17 heavy (non-hydrogen) atoms. The minimum Gasteiger partial charge on any atom is -0.449 e. The van der Waals surface area contributed by atoms with Crippen LogP contribution in [0.4, 0.5) is 10.6 Å². The summed E-state index contributed by atoms with van der Waals surface area (Å²) in [5.41, 5.74) is 5.73. The molecule has 0 atom stereocenters. The number of anilines is 1. The largest absolute Gasteiger partial charge is 0.449 e. The van der Waals surface area contributed by atoms with Gasteiger partial charge in [-0.1, -0.05) is 13.8 Å². The van der Waals surface area contributed by atoms with Crippen molar-refractivity contribution in [1.82, 2.24) is 9.78 Å². The number of amides is 1. The Balaban J connectivity index is 2.71. The normalized spacial score (nSPS) is 10.4. The van der Waals surface area contributed by atoms with E-state index >= 15 is 0 Å². The maximum absolute atomic E-state index is 11.5. The van der Waals surface area contributed by atoms with Gasteiger partial charge in [-0.25, -0.2) is 4.79 Å². The maximum atomic E-state index is 11.5. The predicted octanol–water partition coefficient (Wildman–Crippen LogP) is 0.909. The first-order valence-electron chi connectivity index (χ1n) is 5.22. The molecule has 0 bridgehead atoms. The average Bonchev–Trinajstić information content (AvgIpc) is 2.58. The Kier molecular flexibility index (Phi) is 4.08. The monoisotopic (exact) mass is 239 g/mol. The molecular formula is C10H17N5O2. The van der Waals surface area contributed by atoms with Crippen LogP contribution in [0.15, 0.2) is 6.20 Å². The van der Waals surface area contributed by atoms with Crippen molar-refractivity contribution in [2.24, 2.45) is 18.7 Å². The third-order valence-corrected chi connectivity index (χ3v) is 2.00. The van der Waals surface area contributed by atoms with E-state index in [1.54, 1.807) is 7.05 Å².